The van der Waals surface area contributed by atoms with Crippen LogP contribution in [0.25, 0.3) is 16.9 Å². The number of amides is 1. The van der Waals surface area contributed by atoms with Gasteiger partial charge in [-0.1, -0.05) is 18.2 Å². The van der Waals surface area contributed by atoms with Crippen LogP contribution >= 0.6 is 0 Å². The SMILES string of the molecule is C=Nc1ccccc1-c1cnc2ccc(C(=O)N3CCCCC3)cn12. The predicted octanol–water partition coefficient (Wildman–Crippen LogP) is 3.96. The fraction of sp³-hybridized carbons (Fsp3) is 0.250. The molecule has 0 spiro atoms. The summed E-state index contributed by atoms with van der Waals surface area (Å²) in [5.74, 6) is 0.0939. The van der Waals surface area contributed by atoms with Crippen LogP contribution in [0.4, 0.5) is 5.69 Å². The second-order valence-electron chi connectivity index (χ2n) is 6.32. The summed E-state index contributed by atoms with van der Waals surface area (Å²) < 4.78 is 1.96. The van der Waals surface area contributed by atoms with Crippen molar-refractivity contribution in [1.82, 2.24) is 14.3 Å². The molecule has 0 saturated carbocycles. The first-order valence-electron chi connectivity index (χ1n) is 8.60. The maximum atomic E-state index is 12.8. The van der Waals surface area contributed by atoms with Gasteiger partial charge in [0.05, 0.1) is 23.1 Å². The molecule has 5 heteroatoms. The molecule has 126 valence electrons. The summed E-state index contributed by atoms with van der Waals surface area (Å²) in [6.07, 6.45) is 7.08. The molecule has 3 aromatic rings. The van der Waals surface area contributed by atoms with Crippen LogP contribution < -0.4 is 0 Å². The van der Waals surface area contributed by atoms with Crippen molar-refractivity contribution in [2.24, 2.45) is 4.99 Å². The number of para-hydroxylation sites is 1. The monoisotopic (exact) mass is 332 g/mol. The summed E-state index contributed by atoms with van der Waals surface area (Å²) in [5, 5.41) is 0. The van der Waals surface area contributed by atoms with Gasteiger partial charge in [-0.25, -0.2) is 4.98 Å². The normalized spacial score (nSPS) is 14.6. The molecular weight excluding hydrogens is 312 g/mol. The zero-order chi connectivity index (χ0) is 17.2. The van der Waals surface area contributed by atoms with E-state index in [0.29, 0.717) is 5.56 Å². The van der Waals surface area contributed by atoms with Gasteiger partial charge in [-0.05, 0) is 44.2 Å². The van der Waals surface area contributed by atoms with E-state index in [0.717, 1.165) is 48.5 Å². The molecule has 2 aromatic heterocycles. The number of aromatic nitrogens is 2. The Balaban J connectivity index is 1.77. The quantitative estimate of drug-likeness (QED) is 0.682. The van der Waals surface area contributed by atoms with Gasteiger partial charge in [-0.15, -0.1) is 0 Å². The Morgan fingerprint density at radius 2 is 1.88 bits per heavy atom. The lowest BCUT2D eigenvalue weighted by Crippen LogP contribution is -2.35. The number of carbonyl (C=O) groups is 1. The zero-order valence-corrected chi connectivity index (χ0v) is 14.1. The molecule has 1 aliphatic heterocycles. The minimum atomic E-state index is 0.0939. The van der Waals surface area contributed by atoms with Gasteiger partial charge in [0, 0.05) is 24.8 Å². The van der Waals surface area contributed by atoms with E-state index in [1.807, 2.05) is 58.1 Å². The Hall–Kier alpha value is -2.95. The third kappa shape index (κ3) is 2.82. The average molecular weight is 332 g/mol. The number of pyridine rings is 1. The highest BCUT2D eigenvalue weighted by Gasteiger charge is 2.19. The summed E-state index contributed by atoms with van der Waals surface area (Å²) in [6.45, 7) is 5.34. The standard InChI is InChI=1S/C20H20N4O/c1-21-17-8-4-3-7-16(17)18-13-22-19-10-9-15(14-24(18)19)20(25)23-11-5-2-6-12-23/h3-4,7-10,13-14H,1-2,5-6,11-12H2. The third-order valence-electron chi connectivity index (χ3n) is 4.75. The summed E-state index contributed by atoms with van der Waals surface area (Å²) >= 11 is 0. The van der Waals surface area contributed by atoms with Gasteiger partial charge in [-0.3, -0.25) is 14.2 Å². The second kappa shape index (κ2) is 6.51. The zero-order valence-electron chi connectivity index (χ0n) is 14.1. The number of aliphatic imine (C=N–C) groups is 1. The first kappa shape index (κ1) is 15.6. The number of imidazole rings is 1. The van der Waals surface area contributed by atoms with Crippen molar-refractivity contribution in [2.75, 3.05) is 13.1 Å². The van der Waals surface area contributed by atoms with Gasteiger partial charge in [0.1, 0.15) is 5.65 Å². The largest absolute Gasteiger partial charge is 0.339 e. The summed E-state index contributed by atoms with van der Waals surface area (Å²) in [7, 11) is 0. The number of hydrogen-bond acceptors (Lipinski definition) is 3. The van der Waals surface area contributed by atoms with Crippen LogP contribution in [-0.2, 0) is 0 Å². The van der Waals surface area contributed by atoms with Crippen LogP contribution in [-0.4, -0.2) is 40.0 Å². The first-order valence-corrected chi connectivity index (χ1v) is 8.60. The van der Waals surface area contributed by atoms with E-state index in [-0.39, 0.29) is 5.91 Å². The average Bonchev–Trinajstić information content (AvgIpc) is 3.11. The number of piperidine rings is 1. The molecule has 1 amide bonds. The number of nitrogens with zero attached hydrogens (tertiary/aromatic N) is 4. The van der Waals surface area contributed by atoms with Crippen LogP contribution in [0.15, 0.2) is 53.8 Å². The predicted molar refractivity (Wildman–Crippen MR) is 99.6 cm³/mol. The van der Waals surface area contributed by atoms with Gasteiger partial charge in [0.2, 0.25) is 0 Å². The fourth-order valence-corrected chi connectivity index (χ4v) is 3.41. The number of likely N-dealkylation sites (tertiary alicyclic amines) is 1. The minimum Gasteiger partial charge on any atom is -0.339 e. The molecule has 3 heterocycles. The van der Waals surface area contributed by atoms with E-state index in [1.165, 1.54) is 6.42 Å². The molecule has 0 unspecified atom stereocenters. The van der Waals surface area contributed by atoms with Gasteiger partial charge in [-0.2, -0.15) is 0 Å². The van der Waals surface area contributed by atoms with Crippen molar-refractivity contribution in [1.29, 1.82) is 0 Å². The Kier molecular flexibility index (Phi) is 4.06. The maximum absolute atomic E-state index is 12.8. The molecule has 1 saturated heterocycles. The molecule has 0 atom stereocenters. The van der Waals surface area contributed by atoms with Crippen molar-refractivity contribution in [3.8, 4) is 11.3 Å². The molecule has 1 fully saturated rings. The van der Waals surface area contributed by atoms with Gasteiger partial charge in [0.25, 0.3) is 5.91 Å². The summed E-state index contributed by atoms with van der Waals surface area (Å²) in [5.41, 5.74) is 4.16. The first-order chi connectivity index (χ1) is 12.3. The Morgan fingerprint density at radius 1 is 1.08 bits per heavy atom. The number of hydrogen-bond donors (Lipinski definition) is 0. The van der Waals surface area contributed by atoms with Crippen molar-refractivity contribution >= 4 is 24.0 Å². The highest BCUT2D eigenvalue weighted by molar-refractivity contribution is 5.94. The smallest absolute Gasteiger partial charge is 0.255 e. The molecule has 4 rings (SSSR count). The van der Waals surface area contributed by atoms with Crippen LogP contribution in [0, 0.1) is 0 Å². The third-order valence-corrected chi connectivity index (χ3v) is 4.75. The highest BCUT2D eigenvalue weighted by atomic mass is 16.2. The molecule has 0 radical (unpaired) electrons. The molecule has 25 heavy (non-hydrogen) atoms. The van der Waals surface area contributed by atoms with Crippen LogP contribution in [0.1, 0.15) is 29.6 Å². The number of benzene rings is 1. The molecule has 5 nitrogen and oxygen atoms in total. The van der Waals surface area contributed by atoms with Crippen molar-refractivity contribution in [3.05, 3.63) is 54.4 Å². The summed E-state index contributed by atoms with van der Waals surface area (Å²) in [4.78, 5) is 23.3. The molecular formula is C20H20N4O. The highest BCUT2D eigenvalue weighted by Crippen LogP contribution is 2.30. The number of fused-ring (bicyclic) bond motifs is 1. The van der Waals surface area contributed by atoms with E-state index in [2.05, 4.69) is 16.7 Å². The van der Waals surface area contributed by atoms with E-state index in [9.17, 15) is 4.79 Å². The lowest BCUT2D eigenvalue weighted by atomic mass is 10.1. The second-order valence-corrected chi connectivity index (χ2v) is 6.32. The van der Waals surface area contributed by atoms with Crippen LogP contribution in [0.5, 0.6) is 0 Å². The van der Waals surface area contributed by atoms with Crippen LogP contribution in [0.3, 0.4) is 0 Å². The molecule has 0 bridgehead atoms. The van der Waals surface area contributed by atoms with E-state index in [1.54, 1.807) is 0 Å². The van der Waals surface area contributed by atoms with Crippen LogP contribution in [0.2, 0.25) is 0 Å². The van der Waals surface area contributed by atoms with E-state index >= 15 is 0 Å². The van der Waals surface area contributed by atoms with Crippen molar-refractivity contribution in [3.63, 3.8) is 0 Å². The summed E-state index contributed by atoms with van der Waals surface area (Å²) in [6, 6.07) is 11.6. The Morgan fingerprint density at radius 3 is 2.68 bits per heavy atom. The lowest BCUT2D eigenvalue weighted by Gasteiger charge is -2.26. The van der Waals surface area contributed by atoms with Crippen molar-refractivity contribution in [2.45, 2.75) is 19.3 Å². The Bertz CT molecular complexity index is 938. The molecule has 1 aromatic carbocycles. The topological polar surface area (TPSA) is 50.0 Å². The number of carbonyl (C=O) groups excluding carboxylic acids is 1. The van der Waals surface area contributed by atoms with E-state index in [4.69, 9.17) is 0 Å². The molecule has 0 N–H and O–H groups in total. The molecule has 0 aliphatic carbocycles. The van der Waals surface area contributed by atoms with E-state index < -0.39 is 0 Å². The molecule has 1 aliphatic rings. The maximum Gasteiger partial charge on any atom is 0.255 e. The van der Waals surface area contributed by atoms with Gasteiger partial charge < -0.3 is 4.90 Å². The lowest BCUT2D eigenvalue weighted by molar-refractivity contribution is 0.0724. The fourth-order valence-electron chi connectivity index (χ4n) is 3.41. The minimum absolute atomic E-state index is 0.0939. The van der Waals surface area contributed by atoms with Gasteiger partial charge in [0.15, 0.2) is 0 Å². The van der Waals surface area contributed by atoms with Gasteiger partial charge >= 0.3 is 0 Å². The van der Waals surface area contributed by atoms with Crippen molar-refractivity contribution < 1.29 is 4.79 Å². The number of rotatable bonds is 3. The Labute approximate surface area is 146 Å².